The summed E-state index contributed by atoms with van der Waals surface area (Å²) < 4.78 is 0.802. The summed E-state index contributed by atoms with van der Waals surface area (Å²) in [6.45, 7) is 0. The maximum atomic E-state index is 5.91. The summed E-state index contributed by atoms with van der Waals surface area (Å²) >= 11 is 9.30. The topological polar surface area (TPSA) is 37.8 Å². The van der Waals surface area contributed by atoms with Gasteiger partial charge in [0.1, 0.15) is 5.15 Å². The van der Waals surface area contributed by atoms with E-state index in [0.717, 1.165) is 28.7 Å². The first-order valence-electron chi connectivity index (χ1n) is 6.25. The van der Waals surface area contributed by atoms with Crippen LogP contribution in [0.1, 0.15) is 30.1 Å². The summed E-state index contributed by atoms with van der Waals surface area (Å²) in [6, 6.07) is 6.36. The number of nitrogens with zero attached hydrogens (tertiary/aromatic N) is 2. The monoisotopic (exact) mass is 337 g/mol. The van der Waals surface area contributed by atoms with Crippen LogP contribution < -0.4 is 5.32 Å². The molecule has 1 aliphatic carbocycles. The molecule has 1 N–H and O–H groups in total. The van der Waals surface area contributed by atoms with Crippen molar-refractivity contribution in [1.29, 1.82) is 0 Å². The van der Waals surface area contributed by atoms with Crippen molar-refractivity contribution in [3.05, 3.63) is 51.5 Å². The average Bonchev–Trinajstić information content (AvgIpc) is 2.43. The first kappa shape index (κ1) is 12.9. The van der Waals surface area contributed by atoms with Crippen molar-refractivity contribution in [2.45, 2.75) is 25.3 Å². The predicted molar refractivity (Wildman–Crippen MR) is 80.5 cm³/mol. The third-order valence-corrected chi connectivity index (χ3v) is 4.47. The third-order valence-electron chi connectivity index (χ3n) is 3.33. The van der Waals surface area contributed by atoms with Gasteiger partial charge in [-0.2, -0.15) is 0 Å². The van der Waals surface area contributed by atoms with Crippen molar-refractivity contribution in [2.75, 3.05) is 5.32 Å². The average molecular weight is 339 g/mol. The molecule has 2 aromatic rings. The smallest absolute Gasteiger partial charge is 0.143 e. The number of aromatic nitrogens is 2. The highest BCUT2D eigenvalue weighted by molar-refractivity contribution is 9.10. The zero-order valence-corrected chi connectivity index (χ0v) is 12.6. The quantitative estimate of drug-likeness (QED) is 0.826. The van der Waals surface area contributed by atoms with Crippen LogP contribution in [0.25, 0.3) is 0 Å². The van der Waals surface area contributed by atoms with Crippen LogP contribution in [0.2, 0.25) is 5.15 Å². The predicted octanol–water partition coefficient (Wildman–Crippen LogP) is 4.38. The van der Waals surface area contributed by atoms with Crippen LogP contribution >= 0.6 is 27.5 Å². The Morgan fingerprint density at radius 3 is 3.11 bits per heavy atom. The molecule has 0 radical (unpaired) electrons. The van der Waals surface area contributed by atoms with Crippen LogP contribution in [0.4, 0.5) is 5.69 Å². The lowest BCUT2D eigenvalue weighted by Gasteiger charge is -2.25. The van der Waals surface area contributed by atoms with Gasteiger partial charge in [0, 0.05) is 6.20 Å². The molecule has 98 valence electrons. The second kappa shape index (κ2) is 5.47. The standard InChI is InChI=1S/C14H13BrClN3/c15-11-7-10(8-18-14(11)16)19-12-5-1-3-9-4-2-6-17-13(9)12/h2,4,6-8,12,19H,1,3,5H2. The van der Waals surface area contributed by atoms with Crippen molar-refractivity contribution in [1.82, 2.24) is 9.97 Å². The number of fused-ring (bicyclic) bond motifs is 1. The van der Waals surface area contributed by atoms with E-state index in [1.807, 2.05) is 18.3 Å². The Labute approximate surface area is 125 Å². The molecule has 1 aliphatic rings. The second-order valence-corrected chi connectivity index (χ2v) is 5.85. The highest BCUT2D eigenvalue weighted by Gasteiger charge is 2.21. The molecule has 0 aromatic carbocycles. The number of anilines is 1. The Morgan fingerprint density at radius 2 is 2.26 bits per heavy atom. The molecule has 1 atom stereocenters. The van der Waals surface area contributed by atoms with Crippen molar-refractivity contribution in [3.63, 3.8) is 0 Å². The lowest BCUT2D eigenvalue weighted by molar-refractivity contribution is 0.583. The summed E-state index contributed by atoms with van der Waals surface area (Å²) in [6.07, 6.45) is 6.99. The molecule has 0 spiro atoms. The van der Waals surface area contributed by atoms with Gasteiger partial charge in [-0.1, -0.05) is 17.7 Å². The molecule has 0 bridgehead atoms. The molecular weight excluding hydrogens is 326 g/mol. The largest absolute Gasteiger partial charge is 0.375 e. The first-order valence-corrected chi connectivity index (χ1v) is 7.42. The summed E-state index contributed by atoms with van der Waals surface area (Å²) in [5, 5.41) is 3.97. The Hall–Kier alpha value is -1.13. The van der Waals surface area contributed by atoms with E-state index < -0.39 is 0 Å². The number of hydrogen-bond acceptors (Lipinski definition) is 3. The van der Waals surface area contributed by atoms with Crippen molar-refractivity contribution >= 4 is 33.2 Å². The maximum Gasteiger partial charge on any atom is 0.143 e. The summed E-state index contributed by atoms with van der Waals surface area (Å²) in [7, 11) is 0. The fourth-order valence-corrected chi connectivity index (χ4v) is 2.90. The first-order chi connectivity index (χ1) is 9.24. The van der Waals surface area contributed by atoms with Crippen LogP contribution in [-0.2, 0) is 6.42 Å². The molecule has 5 heteroatoms. The highest BCUT2D eigenvalue weighted by Crippen LogP contribution is 2.32. The fraction of sp³-hybridized carbons (Fsp3) is 0.286. The van der Waals surface area contributed by atoms with Gasteiger partial charge in [-0.15, -0.1) is 0 Å². The molecule has 3 rings (SSSR count). The molecule has 2 aromatic heterocycles. The van der Waals surface area contributed by atoms with Crippen molar-refractivity contribution in [2.24, 2.45) is 0 Å². The Kier molecular flexibility index (Phi) is 3.71. The molecule has 3 nitrogen and oxygen atoms in total. The molecule has 2 heterocycles. The molecule has 0 aliphatic heterocycles. The van der Waals surface area contributed by atoms with Gasteiger partial charge in [-0.05, 0) is 52.9 Å². The summed E-state index contributed by atoms with van der Waals surface area (Å²) in [5.41, 5.74) is 3.45. The third kappa shape index (κ3) is 2.74. The Bertz CT molecular complexity index is 603. The van der Waals surface area contributed by atoms with Crippen LogP contribution in [0.15, 0.2) is 35.1 Å². The Balaban J connectivity index is 1.86. The minimum absolute atomic E-state index is 0.250. The SMILES string of the molecule is Clc1ncc(NC2CCCc3cccnc32)cc1Br. The van der Waals surface area contributed by atoms with Gasteiger partial charge in [0.15, 0.2) is 0 Å². The van der Waals surface area contributed by atoms with E-state index in [1.165, 1.54) is 12.0 Å². The zero-order valence-electron chi connectivity index (χ0n) is 10.2. The van der Waals surface area contributed by atoms with E-state index in [4.69, 9.17) is 11.6 Å². The van der Waals surface area contributed by atoms with Gasteiger partial charge < -0.3 is 5.32 Å². The number of hydrogen-bond donors (Lipinski definition) is 1. The van der Waals surface area contributed by atoms with E-state index in [9.17, 15) is 0 Å². The van der Waals surface area contributed by atoms with Gasteiger partial charge >= 0.3 is 0 Å². The number of rotatable bonds is 2. The van der Waals surface area contributed by atoms with Gasteiger partial charge in [0.25, 0.3) is 0 Å². The molecular formula is C14H13BrClN3. The van der Waals surface area contributed by atoms with Crippen LogP contribution in [0, 0.1) is 0 Å². The molecule has 1 unspecified atom stereocenters. The number of aryl methyl sites for hydroxylation is 1. The normalized spacial score (nSPS) is 17.9. The highest BCUT2D eigenvalue weighted by atomic mass is 79.9. The van der Waals surface area contributed by atoms with Crippen LogP contribution in [-0.4, -0.2) is 9.97 Å². The second-order valence-electron chi connectivity index (χ2n) is 4.63. The van der Waals surface area contributed by atoms with Crippen molar-refractivity contribution < 1.29 is 0 Å². The van der Waals surface area contributed by atoms with E-state index >= 15 is 0 Å². The lowest BCUT2D eigenvalue weighted by Crippen LogP contribution is -2.18. The Morgan fingerprint density at radius 1 is 1.37 bits per heavy atom. The number of nitrogens with one attached hydrogen (secondary N) is 1. The molecule has 0 amide bonds. The van der Waals surface area contributed by atoms with Crippen LogP contribution in [0.5, 0.6) is 0 Å². The fourth-order valence-electron chi connectivity index (χ4n) is 2.45. The maximum absolute atomic E-state index is 5.91. The lowest BCUT2D eigenvalue weighted by atomic mass is 9.92. The van der Waals surface area contributed by atoms with Gasteiger partial charge in [0.05, 0.1) is 28.1 Å². The van der Waals surface area contributed by atoms with Crippen LogP contribution in [0.3, 0.4) is 0 Å². The molecule has 19 heavy (non-hydrogen) atoms. The van der Waals surface area contributed by atoms with E-state index in [2.05, 4.69) is 37.3 Å². The number of halogens is 2. The van der Waals surface area contributed by atoms with Gasteiger partial charge in [-0.25, -0.2) is 4.98 Å². The minimum Gasteiger partial charge on any atom is -0.375 e. The van der Waals surface area contributed by atoms with E-state index in [0.29, 0.717) is 5.15 Å². The summed E-state index contributed by atoms with van der Waals surface area (Å²) in [4.78, 5) is 8.65. The molecule has 0 saturated heterocycles. The number of pyridine rings is 2. The van der Waals surface area contributed by atoms with Gasteiger partial charge in [-0.3, -0.25) is 4.98 Å². The van der Waals surface area contributed by atoms with Crippen molar-refractivity contribution in [3.8, 4) is 0 Å². The zero-order chi connectivity index (χ0) is 13.2. The van der Waals surface area contributed by atoms with Gasteiger partial charge in [0.2, 0.25) is 0 Å². The van der Waals surface area contributed by atoms with E-state index in [1.54, 1.807) is 6.20 Å². The molecule has 0 fully saturated rings. The van der Waals surface area contributed by atoms with E-state index in [-0.39, 0.29) is 6.04 Å². The minimum atomic E-state index is 0.250. The summed E-state index contributed by atoms with van der Waals surface area (Å²) in [5.74, 6) is 0. The molecule has 0 saturated carbocycles.